The summed E-state index contributed by atoms with van der Waals surface area (Å²) < 4.78 is 30.4. The van der Waals surface area contributed by atoms with Crippen LogP contribution in [0.5, 0.6) is 0 Å². The lowest BCUT2D eigenvalue weighted by atomic mass is 10.1. The third-order valence-corrected chi connectivity index (χ3v) is 6.45. The van der Waals surface area contributed by atoms with E-state index in [0.717, 1.165) is 0 Å². The molecule has 0 aliphatic rings. The minimum Gasteiger partial charge on any atom is -0.303 e. The fourth-order valence-corrected chi connectivity index (χ4v) is 3.68. The van der Waals surface area contributed by atoms with Crippen molar-refractivity contribution < 1.29 is 13.2 Å². The zero-order valence-electron chi connectivity index (χ0n) is 21.6. The predicted molar refractivity (Wildman–Crippen MR) is 143 cm³/mol. The molecule has 0 N–H and O–H groups in total. The van der Waals surface area contributed by atoms with Crippen molar-refractivity contribution in [2.24, 2.45) is 0 Å². The Labute approximate surface area is 218 Å². The Morgan fingerprint density at radius 3 is 0.879 bits per heavy atom. The fourth-order valence-electron chi connectivity index (χ4n) is 3.68. The van der Waals surface area contributed by atoms with Crippen molar-refractivity contribution >= 4 is 34.8 Å². The van der Waals surface area contributed by atoms with E-state index in [1.54, 1.807) is 0 Å². The molecule has 0 bridgehead atoms. The highest BCUT2D eigenvalue weighted by Crippen LogP contribution is 2.42. The molecule has 0 aromatic rings. The van der Waals surface area contributed by atoms with E-state index < -0.39 is 9.97 Å². The molecule has 0 amide bonds. The summed E-state index contributed by atoms with van der Waals surface area (Å²) in [7, 11) is 0. The summed E-state index contributed by atoms with van der Waals surface area (Å²) in [6, 6.07) is 0. The highest BCUT2D eigenvalue weighted by atomic mass is 35.6. The number of alkyl halides is 6. The van der Waals surface area contributed by atoms with Gasteiger partial charge < -0.3 is 4.90 Å². The third-order valence-electron chi connectivity index (χ3n) is 5.81. The predicted octanol–water partition coefficient (Wildman–Crippen LogP) is 11.3. The maximum absolute atomic E-state index is 11.2. The molecule has 0 unspecified atom stereocenters. The average Bonchev–Trinajstić information content (AvgIpc) is 2.74. The molecule has 202 valence electrons. The molecule has 7 heteroatoms. The largest absolute Gasteiger partial charge is 0.435 e. The third kappa shape index (κ3) is 27.1. The van der Waals surface area contributed by atoms with Gasteiger partial charge in [-0.2, -0.15) is 13.2 Å². The van der Waals surface area contributed by atoms with Crippen molar-refractivity contribution in [1.29, 1.82) is 0 Å². The number of halogens is 6. The quantitative estimate of drug-likeness (QED) is 0.103. The molecule has 0 aliphatic heterocycles. The highest BCUT2D eigenvalue weighted by molar-refractivity contribution is 6.68. The van der Waals surface area contributed by atoms with E-state index in [4.69, 9.17) is 0 Å². The van der Waals surface area contributed by atoms with Crippen LogP contribution in [0.1, 0.15) is 136 Å². The first-order valence-corrected chi connectivity index (χ1v) is 14.6. The Morgan fingerprint density at radius 2 is 0.667 bits per heavy atom. The standard InChI is InChI=1S/C24H51N.C2Cl3F3/c1-4-7-10-13-16-19-22-25(23-20-17-14-11-8-5-2)24-21-18-15-12-9-6-3;3-1(4,5)2(6,7)8/h4-24H2,1-3H3;. The maximum Gasteiger partial charge on any atom is 0.435 e. The number of hydrogen-bond donors (Lipinski definition) is 0. The molecular formula is C26H51Cl3F3N. The van der Waals surface area contributed by atoms with Gasteiger partial charge in [-0.1, -0.05) is 152 Å². The van der Waals surface area contributed by atoms with E-state index in [1.165, 1.54) is 135 Å². The van der Waals surface area contributed by atoms with Gasteiger partial charge in [-0.3, -0.25) is 0 Å². The van der Waals surface area contributed by atoms with Gasteiger partial charge in [0.2, 0.25) is 0 Å². The normalized spacial score (nSPS) is 12.2. The Bertz CT molecular complexity index is 338. The fraction of sp³-hybridized carbons (Fsp3) is 1.00. The molecule has 0 heterocycles. The summed E-state index contributed by atoms with van der Waals surface area (Å²) >= 11 is 13.2. The Morgan fingerprint density at radius 1 is 0.455 bits per heavy atom. The Balaban J connectivity index is 0. The number of unbranched alkanes of at least 4 members (excludes halogenated alkanes) is 15. The van der Waals surface area contributed by atoms with Gasteiger partial charge in [0.1, 0.15) is 0 Å². The van der Waals surface area contributed by atoms with E-state index in [-0.39, 0.29) is 0 Å². The second-order valence-electron chi connectivity index (χ2n) is 9.14. The van der Waals surface area contributed by atoms with Gasteiger partial charge in [0.25, 0.3) is 3.79 Å². The molecule has 0 fully saturated rings. The van der Waals surface area contributed by atoms with E-state index in [2.05, 4.69) is 60.5 Å². The van der Waals surface area contributed by atoms with Crippen molar-refractivity contribution in [2.75, 3.05) is 19.6 Å². The first-order chi connectivity index (χ1) is 15.6. The summed E-state index contributed by atoms with van der Waals surface area (Å²) in [6.45, 7) is 11.0. The van der Waals surface area contributed by atoms with Crippen LogP contribution in [0.3, 0.4) is 0 Å². The molecular weight excluding hydrogens is 490 g/mol. The zero-order valence-corrected chi connectivity index (χ0v) is 23.8. The molecule has 0 saturated heterocycles. The molecule has 0 saturated carbocycles. The Kier molecular flexibility index (Phi) is 26.4. The first-order valence-electron chi connectivity index (χ1n) is 13.5. The summed E-state index contributed by atoms with van der Waals surface area (Å²) in [6.07, 6.45) is 20.9. The van der Waals surface area contributed by atoms with E-state index >= 15 is 0 Å². The first kappa shape index (κ1) is 35.8. The summed E-state index contributed by atoms with van der Waals surface area (Å²) in [4.78, 5) is 2.79. The maximum atomic E-state index is 11.2. The molecule has 0 rings (SSSR count). The van der Waals surface area contributed by atoms with Gasteiger partial charge in [0.05, 0.1) is 0 Å². The lowest BCUT2D eigenvalue weighted by molar-refractivity contribution is -0.124. The molecule has 0 spiro atoms. The topological polar surface area (TPSA) is 3.24 Å². The Hall–Kier alpha value is 0.620. The van der Waals surface area contributed by atoms with Gasteiger partial charge in [-0.15, -0.1) is 0 Å². The van der Waals surface area contributed by atoms with Crippen LogP contribution in [0, 0.1) is 0 Å². The molecule has 0 aromatic carbocycles. The van der Waals surface area contributed by atoms with E-state index in [9.17, 15) is 13.2 Å². The van der Waals surface area contributed by atoms with Crippen LogP contribution < -0.4 is 0 Å². The summed E-state index contributed by atoms with van der Waals surface area (Å²) in [5.74, 6) is 0. The van der Waals surface area contributed by atoms with Crippen molar-refractivity contribution in [1.82, 2.24) is 4.90 Å². The van der Waals surface area contributed by atoms with Crippen LogP contribution in [0.4, 0.5) is 13.2 Å². The van der Waals surface area contributed by atoms with Crippen molar-refractivity contribution in [3.8, 4) is 0 Å². The van der Waals surface area contributed by atoms with Gasteiger partial charge >= 0.3 is 6.18 Å². The van der Waals surface area contributed by atoms with E-state index in [1.807, 2.05) is 0 Å². The zero-order chi connectivity index (χ0) is 25.4. The van der Waals surface area contributed by atoms with Crippen LogP contribution in [0.15, 0.2) is 0 Å². The van der Waals surface area contributed by atoms with Gasteiger partial charge in [-0.05, 0) is 38.9 Å². The second kappa shape index (κ2) is 24.3. The summed E-state index contributed by atoms with van der Waals surface area (Å²) in [5, 5.41) is 0. The lowest BCUT2D eigenvalue weighted by Gasteiger charge is -2.22. The van der Waals surface area contributed by atoms with Gasteiger partial charge in [-0.25, -0.2) is 0 Å². The monoisotopic (exact) mass is 539 g/mol. The van der Waals surface area contributed by atoms with Crippen molar-refractivity contribution in [2.45, 2.75) is 146 Å². The molecule has 0 radical (unpaired) electrons. The van der Waals surface area contributed by atoms with Crippen molar-refractivity contribution in [3.63, 3.8) is 0 Å². The summed E-state index contributed by atoms with van der Waals surface area (Å²) in [5.41, 5.74) is 0. The highest BCUT2D eigenvalue weighted by Gasteiger charge is 2.51. The van der Waals surface area contributed by atoms with Crippen LogP contribution in [0.2, 0.25) is 0 Å². The minimum atomic E-state index is -4.77. The van der Waals surface area contributed by atoms with Crippen molar-refractivity contribution in [3.05, 3.63) is 0 Å². The minimum absolute atomic E-state index is 1.36. The average molecular weight is 541 g/mol. The van der Waals surface area contributed by atoms with Crippen LogP contribution in [-0.2, 0) is 0 Å². The SMILES string of the molecule is CCCCCCCCN(CCCCCCCC)CCCCCCCC.FC(F)(F)C(Cl)(Cl)Cl. The molecule has 1 nitrogen and oxygen atoms in total. The number of hydrogen-bond acceptors (Lipinski definition) is 1. The second-order valence-corrected chi connectivity index (χ2v) is 11.4. The number of rotatable bonds is 21. The van der Waals surface area contributed by atoms with Gasteiger partial charge in [0.15, 0.2) is 0 Å². The molecule has 0 aliphatic carbocycles. The van der Waals surface area contributed by atoms with E-state index in [0.29, 0.717) is 0 Å². The molecule has 33 heavy (non-hydrogen) atoms. The van der Waals surface area contributed by atoms with Crippen LogP contribution in [-0.4, -0.2) is 34.5 Å². The van der Waals surface area contributed by atoms with Crippen LogP contribution >= 0.6 is 34.8 Å². The smallest absolute Gasteiger partial charge is 0.303 e. The van der Waals surface area contributed by atoms with Crippen LogP contribution in [0.25, 0.3) is 0 Å². The lowest BCUT2D eigenvalue weighted by Crippen LogP contribution is -2.27. The molecule has 0 atom stereocenters. The molecule has 0 aromatic heterocycles. The van der Waals surface area contributed by atoms with Gasteiger partial charge in [0, 0.05) is 0 Å². The number of nitrogens with zero attached hydrogens (tertiary/aromatic N) is 1.